The minimum atomic E-state index is -1.01. The highest BCUT2D eigenvalue weighted by Gasteiger charge is 2.36. The molecule has 1 aromatic rings. The number of piperazine rings is 1. The second-order valence-corrected chi connectivity index (χ2v) is 6.51. The first-order valence-electron chi connectivity index (χ1n) is 7.45. The van der Waals surface area contributed by atoms with Crippen LogP contribution in [-0.4, -0.2) is 63.5 Å². The summed E-state index contributed by atoms with van der Waals surface area (Å²) in [5.74, 6) is -0.521. The van der Waals surface area contributed by atoms with Crippen LogP contribution in [0.25, 0.3) is 0 Å². The van der Waals surface area contributed by atoms with Gasteiger partial charge in [0, 0.05) is 13.1 Å². The van der Waals surface area contributed by atoms with Gasteiger partial charge in [-0.25, -0.2) is 9.59 Å². The average Bonchev–Trinajstić information content (AvgIpc) is 2.45. The van der Waals surface area contributed by atoms with E-state index < -0.39 is 23.7 Å². The van der Waals surface area contributed by atoms with Crippen molar-refractivity contribution in [3.05, 3.63) is 17.8 Å². The van der Waals surface area contributed by atoms with Crippen molar-refractivity contribution in [3.63, 3.8) is 0 Å². The Hall–Kier alpha value is -2.38. The number of carbonyl (C=O) groups is 2. The van der Waals surface area contributed by atoms with E-state index in [1.807, 2.05) is 6.92 Å². The molecule has 126 valence electrons. The summed E-state index contributed by atoms with van der Waals surface area (Å²) in [6.45, 7) is 7.90. The Balaban J connectivity index is 2.13. The van der Waals surface area contributed by atoms with Gasteiger partial charge in [0.1, 0.15) is 11.6 Å². The quantitative estimate of drug-likeness (QED) is 0.876. The van der Waals surface area contributed by atoms with E-state index in [9.17, 15) is 14.7 Å². The maximum Gasteiger partial charge on any atom is 0.410 e. The molecule has 1 saturated heterocycles. The summed E-state index contributed by atoms with van der Waals surface area (Å²) in [6.07, 6.45) is -0.501. The molecular weight excluding hydrogens is 300 g/mol. The number of anilines is 1. The van der Waals surface area contributed by atoms with Gasteiger partial charge in [-0.15, -0.1) is 5.10 Å². The van der Waals surface area contributed by atoms with E-state index >= 15 is 0 Å². The molecule has 8 nitrogen and oxygen atoms in total. The Kier molecular flexibility index (Phi) is 4.72. The van der Waals surface area contributed by atoms with Gasteiger partial charge in [-0.05, 0) is 39.8 Å². The summed E-state index contributed by atoms with van der Waals surface area (Å²) >= 11 is 0. The molecule has 1 amide bonds. The van der Waals surface area contributed by atoms with Gasteiger partial charge in [0.15, 0.2) is 5.82 Å². The highest BCUT2D eigenvalue weighted by Crippen LogP contribution is 2.20. The summed E-state index contributed by atoms with van der Waals surface area (Å²) in [5, 5.41) is 17.5. The number of rotatable bonds is 2. The molecule has 0 aliphatic carbocycles. The fourth-order valence-electron chi connectivity index (χ4n) is 2.31. The molecule has 1 aliphatic heterocycles. The van der Waals surface area contributed by atoms with Crippen LogP contribution in [0.2, 0.25) is 0 Å². The van der Waals surface area contributed by atoms with E-state index in [1.165, 1.54) is 4.90 Å². The van der Waals surface area contributed by atoms with Crippen molar-refractivity contribution in [2.75, 3.05) is 24.5 Å². The lowest BCUT2D eigenvalue weighted by atomic mass is 10.1. The van der Waals surface area contributed by atoms with Gasteiger partial charge >= 0.3 is 12.1 Å². The van der Waals surface area contributed by atoms with E-state index in [0.29, 0.717) is 18.9 Å². The summed E-state index contributed by atoms with van der Waals surface area (Å²) in [5.41, 5.74) is 0.142. The predicted molar refractivity (Wildman–Crippen MR) is 83.3 cm³/mol. The number of nitrogens with zero attached hydrogens (tertiary/aromatic N) is 4. The van der Waals surface area contributed by atoms with Crippen molar-refractivity contribution < 1.29 is 19.4 Å². The van der Waals surface area contributed by atoms with Gasteiger partial charge in [0.2, 0.25) is 0 Å². The topological polar surface area (TPSA) is 95.9 Å². The molecular formula is C15H22N4O4. The third-order valence-corrected chi connectivity index (χ3v) is 3.40. The minimum absolute atomic E-state index is 0.0415. The van der Waals surface area contributed by atoms with Crippen LogP contribution in [0.1, 0.15) is 26.5 Å². The number of ether oxygens (including phenoxy) is 1. The van der Waals surface area contributed by atoms with Crippen LogP contribution < -0.4 is 4.90 Å². The van der Waals surface area contributed by atoms with Crippen molar-refractivity contribution >= 4 is 17.9 Å². The average molecular weight is 322 g/mol. The first kappa shape index (κ1) is 17.0. The summed E-state index contributed by atoms with van der Waals surface area (Å²) in [6, 6.07) is 2.64. The van der Waals surface area contributed by atoms with Crippen LogP contribution in [0.4, 0.5) is 10.6 Å². The van der Waals surface area contributed by atoms with Gasteiger partial charge in [-0.2, -0.15) is 5.10 Å². The lowest BCUT2D eigenvalue weighted by molar-refractivity contribution is -0.139. The maximum absolute atomic E-state index is 12.1. The number of aliphatic carboxylic acids is 1. The zero-order valence-corrected chi connectivity index (χ0v) is 13.8. The number of hydrogen-bond acceptors (Lipinski definition) is 6. The number of aryl methyl sites for hydroxylation is 1. The van der Waals surface area contributed by atoms with Crippen LogP contribution in [0, 0.1) is 6.92 Å². The second kappa shape index (κ2) is 6.39. The number of carbonyl (C=O) groups excluding carboxylic acids is 1. The molecule has 0 saturated carbocycles. The van der Waals surface area contributed by atoms with E-state index in [2.05, 4.69) is 10.2 Å². The molecule has 1 aliphatic rings. The molecule has 8 heteroatoms. The Labute approximate surface area is 135 Å². The van der Waals surface area contributed by atoms with Crippen LogP contribution in [-0.2, 0) is 9.53 Å². The molecule has 1 N–H and O–H groups in total. The first-order chi connectivity index (χ1) is 10.7. The van der Waals surface area contributed by atoms with E-state index in [-0.39, 0.29) is 6.54 Å². The zero-order chi connectivity index (χ0) is 17.2. The van der Waals surface area contributed by atoms with Gasteiger partial charge in [0.25, 0.3) is 0 Å². The fraction of sp³-hybridized carbons (Fsp3) is 0.600. The Bertz CT molecular complexity index is 582. The second-order valence-electron chi connectivity index (χ2n) is 6.51. The molecule has 2 heterocycles. The SMILES string of the molecule is Cc1ccc(N2CCN(C(=O)OC(C)(C)C)CC2C(=O)O)nn1. The molecule has 0 spiro atoms. The van der Waals surface area contributed by atoms with Crippen molar-refractivity contribution in [1.82, 2.24) is 15.1 Å². The maximum atomic E-state index is 12.1. The van der Waals surface area contributed by atoms with Gasteiger partial charge < -0.3 is 19.6 Å². The Morgan fingerprint density at radius 1 is 1.26 bits per heavy atom. The minimum Gasteiger partial charge on any atom is -0.480 e. The molecule has 2 rings (SSSR count). The van der Waals surface area contributed by atoms with E-state index in [1.54, 1.807) is 37.8 Å². The standard InChI is InChI=1S/C15H22N4O4/c1-10-5-6-12(17-16-10)19-8-7-18(9-11(19)13(20)21)14(22)23-15(2,3)4/h5-6,11H,7-9H2,1-4H3,(H,20,21). The van der Waals surface area contributed by atoms with Gasteiger partial charge in [-0.1, -0.05) is 0 Å². The van der Waals surface area contributed by atoms with Crippen molar-refractivity contribution in [3.8, 4) is 0 Å². The van der Waals surface area contributed by atoms with Gasteiger partial charge in [-0.3, -0.25) is 0 Å². The van der Waals surface area contributed by atoms with Crippen LogP contribution in [0.5, 0.6) is 0 Å². The summed E-state index contributed by atoms with van der Waals surface area (Å²) in [7, 11) is 0. The van der Waals surface area contributed by atoms with Crippen molar-refractivity contribution in [2.24, 2.45) is 0 Å². The molecule has 0 radical (unpaired) electrons. The number of amides is 1. The third kappa shape index (κ3) is 4.30. The molecule has 1 aromatic heterocycles. The van der Waals surface area contributed by atoms with E-state index in [4.69, 9.17) is 4.74 Å². The lowest BCUT2D eigenvalue weighted by Crippen LogP contribution is -2.58. The molecule has 1 unspecified atom stereocenters. The van der Waals surface area contributed by atoms with Gasteiger partial charge in [0.05, 0.1) is 12.2 Å². The molecule has 23 heavy (non-hydrogen) atoms. The number of carboxylic acids is 1. The smallest absolute Gasteiger partial charge is 0.410 e. The number of aromatic nitrogens is 2. The highest BCUT2D eigenvalue weighted by molar-refractivity contribution is 5.80. The molecule has 1 atom stereocenters. The Morgan fingerprint density at radius 2 is 1.96 bits per heavy atom. The predicted octanol–water partition coefficient (Wildman–Crippen LogP) is 1.30. The summed E-state index contributed by atoms with van der Waals surface area (Å²) in [4.78, 5) is 26.8. The van der Waals surface area contributed by atoms with E-state index in [0.717, 1.165) is 5.69 Å². The zero-order valence-electron chi connectivity index (χ0n) is 13.8. The lowest BCUT2D eigenvalue weighted by Gasteiger charge is -2.40. The Morgan fingerprint density at radius 3 is 2.48 bits per heavy atom. The largest absolute Gasteiger partial charge is 0.480 e. The fourth-order valence-corrected chi connectivity index (χ4v) is 2.31. The normalized spacial score (nSPS) is 18.7. The highest BCUT2D eigenvalue weighted by atomic mass is 16.6. The monoisotopic (exact) mass is 322 g/mol. The number of carboxylic acid groups (broad SMARTS) is 1. The molecule has 0 aromatic carbocycles. The summed E-state index contributed by atoms with van der Waals surface area (Å²) < 4.78 is 5.31. The van der Waals surface area contributed by atoms with Crippen molar-refractivity contribution in [1.29, 1.82) is 0 Å². The number of hydrogen-bond donors (Lipinski definition) is 1. The van der Waals surface area contributed by atoms with Crippen molar-refractivity contribution in [2.45, 2.75) is 39.3 Å². The van der Waals surface area contributed by atoms with Crippen LogP contribution in [0.15, 0.2) is 12.1 Å². The molecule has 0 bridgehead atoms. The van der Waals surface area contributed by atoms with Crippen LogP contribution in [0.3, 0.4) is 0 Å². The molecule has 1 fully saturated rings. The first-order valence-corrected chi connectivity index (χ1v) is 7.45. The third-order valence-electron chi connectivity index (χ3n) is 3.40. The van der Waals surface area contributed by atoms with Crippen LogP contribution >= 0.6 is 0 Å².